The number of nitrogens with zero attached hydrogens (tertiary/aromatic N) is 1. The molecule has 1 rings (SSSR count). The lowest BCUT2D eigenvalue weighted by atomic mass is 9.84. The molecule has 19 heavy (non-hydrogen) atoms. The van der Waals surface area contributed by atoms with E-state index < -0.39 is 6.04 Å². The van der Waals surface area contributed by atoms with Crippen LogP contribution in [0, 0.1) is 11.8 Å². The number of amides is 1. The molecule has 106 valence electrons. The van der Waals surface area contributed by atoms with Gasteiger partial charge in [-0.3, -0.25) is 4.79 Å². The molecule has 0 aromatic heterocycles. The second-order valence-corrected chi connectivity index (χ2v) is 5.77. The predicted molar refractivity (Wildman–Crippen MR) is 78.1 cm³/mol. The zero-order chi connectivity index (χ0) is 14.3. The van der Waals surface area contributed by atoms with Crippen molar-refractivity contribution in [2.24, 2.45) is 16.8 Å². The maximum Gasteiger partial charge on any atom is 0.375 e. The maximum absolute atomic E-state index is 12.2. The van der Waals surface area contributed by atoms with Crippen LogP contribution in [-0.4, -0.2) is 32.4 Å². The second-order valence-electron chi connectivity index (χ2n) is 5.77. The van der Waals surface area contributed by atoms with Gasteiger partial charge in [0.1, 0.15) is 6.04 Å². The summed E-state index contributed by atoms with van der Waals surface area (Å²) in [5.41, 5.74) is 0. The van der Waals surface area contributed by atoms with Crippen molar-refractivity contribution in [3.8, 4) is 0 Å². The van der Waals surface area contributed by atoms with Crippen molar-refractivity contribution >= 4 is 20.4 Å². The third-order valence-corrected chi connectivity index (χ3v) is 3.91. The van der Waals surface area contributed by atoms with E-state index in [0.717, 1.165) is 6.40 Å². The molecule has 1 amide bonds. The normalized spacial score (nSPS) is 20.4. The lowest BCUT2D eigenvalue weighted by Gasteiger charge is -2.29. The van der Waals surface area contributed by atoms with Gasteiger partial charge in [-0.1, -0.05) is 33.1 Å². The highest BCUT2D eigenvalue weighted by Crippen LogP contribution is 2.26. The van der Waals surface area contributed by atoms with E-state index in [4.69, 9.17) is 8.05 Å². The summed E-state index contributed by atoms with van der Waals surface area (Å²) in [7, 11) is 4.91. The number of hydrogen-bond acceptors (Lipinski definition) is 3. The van der Waals surface area contributed by atoms with Gasteiger partial charge < -0.3 is 9.97 Å². The van der Waals surface area contributed by atoms with Crippen molar-refractivity contribution in [1.82, 2.24) is 5.32 Å². The van der Waals surface area contributed by atoms with E-state index in [1.165, 1.54) is 32.1 Å². The highest BCUT2D eigenvalue weighted by atomic mass is 16.4. The van der Waals surface area contributed by atoms with Crippen molar-refractivity contribution in [2.45, 2.75) is 65.0 Å². The molecule has 1 fully saturated rings. The largest absolute Gasteiger partial charge is 0.560 e. The lowest BCUT2D eigenvalue weighted by molar-refractivity contribution is -0.124. The molecular formula is C14H25BN2O2. The predicted octanol–water partition coefficient (Wildman–Crippen LogP) is 2.22. The lowest BCUT2D eigenvalue weighted by Crippen LogP contribution is -2.45. The van der Waals surface area contributed by atoms with Gasteiger partial charge in [-0.15, -0.1) is 0 Å². The van der Waals surface area contributed by atoms with Crippen LogP contribution in [0.15, 0.2) is 4.99 Å². The number of hydrogen-bond donors (Lipinski definition) is 1. The van der Waals surface area contributed by atoms with Gasteiger partial charge in [0, 0.05) is 6.04 Å². The molecule has 1 saturated carbocycles. The van der Waals surface area contributed by atoms with Crippen LogP contribution in [0.25, 0.3) is 0 Å². The Morgan fingerprint density at radius 1 is 1.32 bits per heavy atom. The van der Waals surface area contributed by atoms with E-state index in [9.17, 15) is 4.79 Å². The SMILES string of the molecule is [B]OC=N[C@@H](C(=O)N[C@@H](C)C1CCCCC1)C(C)C. The molecule has 0 aromatic carbocycles. The molecule has 0 heterocycles. The fraction of sp³-hybridized carbons (Fsp3) is 0.857. The summed E-state index contributed by atoms with van der Waals surface area (Å²) in [4.78, 5) is 16.3. The maximum atomic E-state index is 12.2. The number of nitrogens with one attached hydrogen (secondary N) is 1. The second kappa shape index (κ2) is 8.23. The first-order chi connectivity index (χ1) is 9.06. The minimum Gasteiger partial charge on any atom is -0.560 e. The van der Waals surface area contributed by atoms with Crippen LogP contribution in [0.3, 0.4) is 0 Å². The summed E-state index contributed by atoms with van der Waals surface area (Å²) in [5.74, 6) is 0.673. The Hall–Kier alpha value is -0.995. The molecule has 0 saturated heterocycles. The number of carbonyl (C=O) groups is 1. The molecule has 1 N–H and O–H groups in total. The van der Waals surface area contributed by atoms with Gasteiger partial charge in [0.05, 0.1) is 0 Å². The van der Waals surface area contributed by atoms with Gasteiger partial charge >= 0.3 is 8.05 Å². The van der Waals surface area contributed by atoms with Gasteiger partial charge in [-0.25, -0.2) is 4.99 Å². The Kier molecular flexibility index (Phi) is 6.96. The van der Waals surface area contributed by atoms with E-state index in [0.29, 0.717) is 5.92 Å². The van der Waals surface area contributed by atoms with Crippen LogP contribution in [0.5, 0.6) is 0 Å². The Balaban J connectivity index is 2.52. The van der Waals surface area contributed by atoms with Crippen LogP contribution in [0.4, 0.5) is 0 Å². The molecule has 0 unspecified atom stereocenters. The van der Waals surface area contributed by atoms with Crippen LogP contribution < -0.4 is 5.32 Å². The molecular weight excluding hydrogens is 239 g/mol. The fourth-order valence-electron chi connectivity index (χ4n) is 2.71. The van der Waals surface area contributed by atoms with Gasteiger partial charge in [-0.2, -0.15) is 0 Å². The van der Waals surface area contributed by atoms with Crippen molar-refractivity contribution in [3.05, 3.63) is 0 Å². The molecule has 2 radical (unpaired) electrons. The molecule has 0 aliphatic heterocycles. The molecule has 1 aliphatic rings. The smallest absolute Gasteiger partial charge is 0.375 e. The van der Waals surface area contributed by atoms with Crippen LogP contribution >= 0.6 is 0 Å². The minimum absolute atomic E-state index is 0.0404. The summed E-state index contributed by atoms with van der Waals surface area (Å²) in [6.07, 6.45) is 7.43. The van der Waals surface area contributed by atoms with E-state index in [-0.39, 0.29) is 17.9 Å². The summed E-state index contributed by atoms with van der Waals surface area (Å²) in [5, 5.41) is 3.09. The third-order valence-electron chi connectivity index (χ3n) is 3.91. The van der Waals surface area contributed by atoms with E-state index in [1.54, 1.807) is 0 Å². The van der Waals surface area contributed by atoms with Crippen molar-refractivity contribution in [1.29, 1.82) is 0 Å². The fourth-order valence-corrected chi connectivity index (χ4v) is 2.71. The first-order valence-electron chi connectivity index (χ1n) is 7.23. The van der Waals surface area contributed by atoms with Crippen molar-refractivity contribution in [2.75, 3.05) is 0 Å². The summed E-state index contributed by atoms with van der Waals surface area (Å²) in [6, 6.07) is -0.224. The monoisotopic (exact) mass is 264 g/mol. The van der Waals surface area contributed by atoms with Crippen LogP contribution in [0.1, 0.15) is 52.9 Å². The number of carbonyl (C=O) groups excluding carboxylic acids is 1. The molecule has 0 aromatic rings. The highest BCUT2D eigenvalue weighted by Gasteiger charge is 2.26. The molecule has 0 spiro atoms. The van der Waals surface area contributed by atoms with Crippen LogP contribution in [-0.2, 0) is 9.45 Å². The molecule has 0 bridgehead atoms. The third kappa shape index (κ3) is 5.25. The van der Waals surface area contributed by atoms with E-state index in [2.05, 4.69) is 21.9 Å². The zero-order valence-electron chi connectivity index (χ0n) is 12.3. The standard InChI is InChI=1S/C14H25BN2O2/c1-10(2)13(16-9-19-15)14(18)17-11(3)12-7-5-4-6-8-12/h9-13H,4-8H2,1-3H3,(H,17,18)/t11-,13+/m0/s1. The Morgan fingerprint density at radius 2 is 1.95 bits per heavy atom. The van der Waals surface area contributed by atoms with Crippen LogP contribution in [0.2, 0.25) is 0 Å². The summed E-state index contributed by atoms with van der Waals surface area (Å²) in [6.45, 7) is 6.02. The van der Waals surface area contributed by atoms with Gasteiger partial charge in [-0.05, 0) is 31.6 Å². The Morgan fingerprint density at radius 3 is 2.47 bits per heavy atom. The highest BCUT2D eigenvalue weighted by molar-refractivity contribution is 6.02. The van der Waals surface area contributed by atoms with Crippen molar-refractivity contribution in [3.63, 3.8) is 0 Å². The zero-order valence-corrected chi connectivity index (χ0v) is 12.3. The molecule has 5 heteroatoms. The van der Waals surface area contributed by atoms with Crippen molar-refractivity contribution < 1.29 is 9.45 Å². The average molecular weight is 264 g/mol. The van der Waals surface area contributed by atoms with Gasteiger partial charge in [0.25, 0.3) is 0 Å². The molecule has 2 atom stereocenters. The number of aliphatic imine (C=N–C) groups is 1. The van der Waals surface area contributed by atoms with E-state index in [1.807, 2.05) is 13.8 Å². The minimum atomic E-state index is -0.436. The number of rotatable bonds is 6. The van der Waals surface area contributed by atoms with Gasteiger partial charge in [0.15, 0.2) is 6.40 Å². The Labute approximate surface area is 117 Å². The van der Waals surface area contributed by atoms with Gasteiger partial charge in [0.2, 0.25) is 5.91 Å². The summed E-state index contributed by atoms with van der Waals surface area (Å²) >= 11 is 0. The molecule has 1 aliphatic carbocycles. The first kappa shape index (κ1) is 16.1. The average Bonchev–Trinajstić information content (AvgIpc) is 2.39. The topological polar surface area (TPSA) is 50.7 Å². The summed E-state index contributed by atoms with van der Waals surface area (Å²) < 4.78 is 4.32. The molecule has 4 nitrogen and oxygen atoms in total. The first-order valence-corrected chi connectivity index (χ1v) is 7.23. The quantitative estimate of drug-likeness (QED) is 0.454. The Bertz CT molecular complexity index is 302. The van der Waals surface area contributed by atoms with E-state index >= 15 is 0 Å².